The van der Waals surface area contributed by atoms with E-state index in [0.717, 1.165) is 31.2 Å². The summed E-state index contributed by atoms with van der Waals surface area (Å²) >= 11 is 0. The lowest BCUT2D eigenvalue weighted by Crippen LogP contribution is -2.46. The smallest absolute Gasteiger partial charge is 0.305 e. The lowest BCUT2D eigenvalue weighted by atomic mass is 9.77. The van der Waals surface area contributed by atoms with E-state index in [0.29, 0.717) is 18.0 Å². The first-order valence-electron chi connectivity index (χ1n) is 8.72. The first kappa shape index (κ1) is 19.1. The van der Waals surface area contributed by atoms with Gasteiger partial charge in [-0.2, -0.15) is 0 Å². The van der Waals surface area contributed by atoms with Crippen LogP contribution < -0.4 is 9.47 Å². The van der Waals surface area contributed by atoms with E-state index >= 15 is 0 Å². The van der Waals surface area contributed by atoms with Crippen molar-refractivity contribution in [3.63, 3.8) is 0 Å². The van der Waals surface area contributed by atoms with E-state index < -0.39 is 11.4 Å². The predicted octanol–water partition coefficient (Wildman–Crippen LogP) is 2.84. The molecular weight excluding hydrogens is 322 g/mol. The maximum Gasteiger partial charge on any atom is 0.305 e. The maximum atomic E-state index is 13.3. The lowest BCUT2D eigenvalue weighted by molar-refractivity contribution is -0.140. The van der Waals surface area contributed by atoms with E-state index in [1.807, 2.05) is 25.1 Å². The Kier molecular flexibility index (Phi) is 6.28. The van der Waals surface area contributed by atoms with Crippen molar-refractivity contribution in [2.75, 3.05) is 27.3 Å². The quantitative estimate of drug-likeness (QED) is 0.781. The van der Waals surface area contributed by atoms with Crippen LogP contribution in [0.5, 0.6) is 11.5 Å². The van der Waals surface area contributed by atoms with Crippen molar-refractivity contribution in [3.8, 4) is 11.5 Å². The van der Waals surface area contributed by atoms with Crippen LogP contribution in [0.3, 0.4) is 0 Å². The molecule has 1 N–H and O–H groups in total. The number of methoxy groups -OCH3 is 2. The van der Waals surface area contributed by atoms with Gasteiger partial charge in [-0.25, -0.2) is 0 Å². The minimum absolute atomic E-state index is 0.0148. The molecule has 6 heteroatoms. The van der Waals surface area contributed by atoms with Crippen molar-refractivity contribution in [3.05, 3.63) is 23.8 Å². The number of ether oxygens (including phenoxy) is 2. The highest BCUT2D eigenvalue weighted by atomic mass is 16.5. The number of carboxylic acids is 1. The minimum atomic E-state index is -0.891. The second-order valence-electron chi connectivity index (χ2n) is 6.39. The van der Waals surface area contributed by atoms with Gasteiger partial charge in [0, 0.05) is 13.1 Å². The highest BCUT2D eigenvalue weighted by Gasteiger charge is 2.45. The predicted molar refractivity (Wildman–Crippen MR) is 94.2 cm³/mol. The first-order chi connectivity index (χ1) is 12.0. The number of benzene rings is 1. The van der Waals surface area contributed by atoms with Crippen LogP contribution in [0.1, 0.15) is 44.6 Å². The molecule has 0 bridgehead atoms. The summed E-state index contributed by atoms with van der Waals surface area (Å²) in [6, 6.07) is 5.64. The number of nitrogens with zero attached hydrogens (tertiary/aromatic N) is 1. The molecule has 0 spiro atoms. The van der Waals surface area contributed by atoms with Crippen LogP contribution in [-0.4, -0.2) is 49.2 Å². The van der Waals surface area contributed by atoms with Gasteiger partial charge in [0.05, 0.1) is 26.1 Å². The standard InChI is InChI=1S/C19H27NO5/c1-4-20(12-9-17(21)22)18(23)19(10-5-6-11-19)14-7-8-15(24-2)16(13-14)25-3/h7-8,13H,4-6,9-12H2,1-3H3,(H,21,22). The van der Waals surface area contributed by atoms with E-state index in [-0.39, 0.29) is 18.9 Å². The lowest BCUT2D eigenvalue weighted by Gasteiger charge is -2.34. The Morgan fingerprint density at radius 3 is 2.32 bits per heavy atom. The SMILES string of the molecule is CCN(CCC(=O)O)C(=O)C1(c2ccc(OC)c(OC)c2)CCCC1. The maximum absolute atomic E-state index is 13.3. The summed E-state index contributed by atoms with van der Waals surface area (Å²) in [5.74, 6) is 0.358. The van der Waals surface area contributed by atoms with Crippen LogP contribution in [-0.2, 0) is 15.0 Å². The average molecular weight is 349 g/mol. The van der Waals surface area contributed by atoms with Crippen LogP contribution >= 0.6 is 0 Å². The zero-order valence-corrected chi connectivity index (χ0v) is 15.2. The topological polar surface area (TPSA) is 76.1 Å². The van der Waals surface area contributed by atoms with Crippen LogP contribution in [0.2, 0.25) is 0 Å². The Bertz CT molecular complexity index is 622. The van der Waals surface area contributed by atoms with E-state index in [9.17, 15) is 9.59 Å². The summed E-state index contributed by atoms with van der Waals surface area (Å²) in [4.78, 5) is 25.9. The molecule has 0 unspecified atom stereocenters. The monoisotopic (exact) mass is 349 g/mol. The van der Waals surface area contributed by atoms with Crippen molar-refractivity contribution in [1.29, 1.82) is 0 Å². The van der Waals surface area contributed by atoms with E-state index in [1.165, 1.54) is 0 Å². The molecule has 1 aliphatic rings. The largest absolute Gasteiger partial charge is 0.493 e. The van der Waals surface area contributed by atoms with Gasteiger partial charge in [-0.05, 0) is 37.5 Å². The highest BCUT2D eigenvalue weighted by molar-refractivity contribution is 5.89. The van der Waals surface area contributed by atoms with Crippen molar-refractivity contribution in [2.45, 2.75) is 44.4 Å². The normalized spacial score (nSPS) is 15.6. The Balaban J connectivity index is 2.37. The van der Waals surface area contributed by atoms with Gasteiger partial charge >= 0.3 is 5.97 Å². The number of aliphatic carboxylic acids is 1. The summed E-state index contributed by atoms with van der Waals surface area (Å²) in [7, 11) is 3.16. The Labute approximate surface area is 148 Å². The van der Waals surface area contributed by atoms with Crippen LogP contribution in [0.15, 0.2) is 18.2 Å². The molecule has 2 rings (SSSR count). The van der Waals surface area contributed by atoms with Crippen LogP contribution in [0.4, 0.5) is 0 Å². The van der Waals surface area contributed by atoms with Gasteiger partial charge in [-0.3, -0.25) is 9.59 Å². The fourth-order valence-corrected chi connectivity index (χ4v) is 3.67. The Hall–Kier alpha value is -2.24. The molecule has 0 heterocycles. The molecule has 0 atom stereocenters. The zero-order valence-electron chi connectivity index (χ0n) is 15.2. The third kappa shape index (κ3) is 3.89. The second kappa shape index (κ2) is 8.23. The summed E-state index contributed by atoms with van der Waals surface area (Å²) in [6.45, 7) is 2.62. The third-order valence-electron chi connectivity index (χ3n) is 5.07. The van der Waals surface area contributed by atoms with Gasteiger partial charge in [-0.1, -0.05) is 18.9 Å². The molecular formula is C19H27NO5. The van der Waals surface area contributed by atoms with Gasteiger partial charge in [0.15, 0.2) is 11.5 Å². The number of rotatable bonds is 8. The van der Waals surface area contributed by atoms with Crippen LogP contribution in [0.25, 0.3) is 0 Å². The summed E-state index contributed by atoms with van der Waals surface area (Å²) in [5, 5.41) is 8.94. The second-order valence-corrected chi connectivity index (χ2v) is 6.39. The fourth-order valence-electron chi connectivity index (χ4n) is 3.67. The van der Waals surface area contributed by atoms with E-state index in [4.69, 9.17) is 14.6 Å². The Morgan fingerprint density at radius 1 is 1.16 bits per heavy atom. The third-order valence-corrected chi connectivity index (χ3v) is 5.07. The molecule has 25 heavy (non-hydrogen) atoms. The molecule has 1 aromatic rings. The zero-order chi connectivity index (χ0) is 18.4. The van der Waals surface area contributed by atoms with Crippen molar-refractivity contribution in [2.24, 2.45) is 0 Å². The molecule has 1 aliphatic carbocycles. The highest BCUT2D eigenvalue weighted by Crippen LogP contribution is 2.45. The number of likely N-dealkylation sites (N-methyl/N-ethyl adjacent to an activating group) is 1. The van der Waals surface area contributed by atoms with Gasteiger partial charge < -0.3 is 19.5 Å². The molecule has 138 valence electrons. The fraction of sp³-hybridized carbons (Fsp3) is 0.579. The number of amides is 1. The van der Waals surface area contributed by atoms with Crippen molar-refractivity contribution >= 4 is 11.9 Å². The Morgan fingerprint density at radius 2 is 1.80 bits per heavy atom. The van der Waals surface area contributed by atoms with E-state index in [1.54, 1.807) is 19.1 Å². The number of carboxylic acid groups (broad SMARTS) is 1. The van der Waals surface area contributed by atoms with Gasteiger partial charge in [0.25, 0.3) is 0 Å². The molecule has 1 amide bonds. The molecule has 1 fully saturated rings. The molecule has 0 aliphatic heterocycles. The summed E-state index contributed by atoms with van der Waals surface area (Å²) in [6.07, 6.45) is 3.46. The number of hydrogen-bond donors (Lipinski definition) is 1. The summed E-state index contributed by atoms with van der Waals surface area (Å²) < 4.78 is 10.7. The van der Waals surface area contributed by atoms with E-state index in [2.05, 4.69) is 0 Å². The van der Waals surface area contributed by atoms with Crippen molar-refractivity contribution in [1.82, 2.24) is 4.90 Å². The number of hydrogen-bond acceptors (Lipinski definition) is 4. The molecule has 1 aromatic carbocycles. The van der Waals surface area contributed by atoms with Gasteiger partial charge in [0.2, 0.25) is 5.91 Å². The molecule has 0 saturated heterocycles. The van der Waals surface area contributed by atoms with Gasteiger partial charge in [-0.15, -0.1) is 0 Å². The average Bonchev–Trinajstić information content (AvgIpc) is 3.12. The molecule has 0 radical (unpaired) electrons. The van der Waals surface area contributed by atoms with Crippen molar-refractivity contribution < 1.29 is 24.2 Å². The number of carbonyl (C=O) groups excluding carboxylic acids is 1. The summed E-state index contributed by atoms with van der Waals surface area (Å²) in [5.41, 5.74) is 0.315. The minimum Gasteiger partial charge on any atom is -0.493 e. The molecule has 0 aromatic heterocycles. The van der Waals surface area contributed by atoms with Crippen LogP contribution in [0, 0.1) is 0 Å². The molecule has 1 saturated carbocycles. The van der Waals surface area contributed by atoms with Gasteiger partial charge in [0.1, 0.15) is 0 Å². The first-order valence-corrected chi connectivity index (χ1v) is 8.72. The molecule has 6 nitrogen and oxygen atoms in total. The number of carbonyl (C=O) groups is 2.